The molecule has 1 aromatic carbocycles. The highest BCUT2D eigenvalue weighted by Crippen LogP contribution is 2.23. The lowest BCUT2D eigenvalue weighted by molar-refractivity contribution is 0.102. The minimum Gasteiger partial charge on any atom is -0.293 e. The van der Waals surface area contributed by atoms with Crippen LogP contribution in [0.4, 0.5) is 8.78 Å². The second-order valence-corrected chi connectivity index (χ2v) is 5.12. The lowest BCUT2D eigenvalue weighted by Crippen LogP contribution is -2.04. The number of hydrogen-bond donors (Lipinski definition) is 1. The molecule has 106 valence electrons. The van der Waals surface area contributed by atoms with Crippen LogP contribution >= 0.6 is 11.8 Å². The number of benzene rings is 1. The fourth-order valence-corrected chi connectivity index (χ4v) is 2.61. The molecule has 0 aliphatic rings. The highest BCUT2D eigenvalue weighted by molar-refractivity contribution is 8.00. The van der Waals surface area contributed by atoms with E-state index in [-0.39, 0.29) is 17.1 Å². The molecule has 0 spiro atoms. The van der Waals surface area contributed by atoms with Crippen molar-refractivity contribution in [2.24, 2.45) is 0 Å². The number of rotatable bonds is 4. The van der Waals surface area contributed by atoms with E-state index in [1.165, 1.54) is 24.2 Å². The number of fused-ring (bicyclic) bond motifs is 1. The van der Waals surface area contributed by atoms with Gasteiger partial charge in [0.2, 0.25) is 0 Å². The second kappa shape index (κ2) is 5.57. The number of H-pyrrole nitrogens is 1. The van der Waals surface area contributed by atoms with Crippen molar-refractivity contribution in [2.45, 2.75) is 5.03 Å². The number of carbonyl (C=O) groups is 1. The van der Waals surface area contributed by atoms with Crippen LogP contribution in [0.3, 0.4) is 0 Å². The molecule has 0 fully saturated rings. The normalized spacial score (nSPS) is 11.0. The quantitative estimate of drug-likeness (QED) is 0.456. The van der Waals surface area contributed by atoms with E-state index in [0.717, 1.165) is 12.1 Å². The highest BCUT2D eigenvalue weighted by atomic mass is 32.2. The van der Waals surface area contributed by atoms with E-state index in [1.807, 2.05) is 0 Å². The summed E-state index contributed by atoms with van der Waals surface area (Å²) < 4.78 is 25.9. The summed E-state index contributed by atoms with van der Waals surface area (Å²) in [4.78, 5) is 20.1. The molecule has 0 unspecified atom stereocenters. The van der Waals surface area contributed by atoms with Gasteiger partial charge in [-0.2, -0.15) is 5.10 Å². The van der Waals surface area contributed by atoms with Gasteiger partial charge in [0.15, 0.2) is 23.1 Å². The molecule has 3 rings (SSSR count). The summed E-state index contributed by atoms with van der Waals surface area (Å²) in [6.07, 6.45) is 2.94. The Bertz CT molecular complexity index is 821. The molecular formula is C13H8F2N4OS. The predicted molar refractivity (Wildman–Crippen MR) is 73.1 cm³/mol. The van der Waals surface area contributed by atoms with Gasteiger partial charge in [0.25, 0.3) is 0 Å². The third-order valence-electron chi connectivity index (χ3n) is 2.79. The summed E-state index contributed by atoms with van der Waals surface area (Å²) in [6, 6.07) is 3.09. The molecule has 0 radical (unpaired) electrons. The molecule has 2 heterocycles. The van der Waals surface area contributed by atoms with Gasteiger partial charge in [0.1, 0.15) is 11.4 Å². The van der Waals surface area contributed by atoms with Gasteiger partial charge in [-0.25, -0.2) is 18.7 Å². The molecular weight excluding hydrogens is 298 g/mol. The lowest BCUT2D eigenvalue weighted by Gasteiger charge is -2.02. The summed E-state index contributed by atoms with van der Waals surface area (Å²) in [6.45, 7) is 0. The van der Waals surface area contributed by atoms with Crippen LogP contribution in [0.5, 0.6) is 0 Å². The monoisotopic (exact) mass is 306 g/mol. The van der Waals surface area contributed by atoms with E-state index in [0.29, 0.717) is 16.1 Å². The van der Waals surface area contributed by atoms with Gasteiger partial charge < -0.3 is 0 Å². The van der Waals surface area contributed by atoms with Crippen molar-refractivity contribution in [3.05, 3.63) is 47.9 Å². The van der Waals surface area contributed by atoms with Crippen LogP contribution in [-0.4, -0.2) is 31.7 Å². The fourth-order valence-electron chi connectivity index (χ4n) is 1.74. The third kappa shape index (κ3) is 2.75. The smallest absolute Gasteiger partial charge is 0.173 e. The summed E-state index contributed by atoms with van der Waals surface area (Å²) in [7, 11) is 0. The van der Waals surface area contributed by atoms with Crippen LogP contribution in [0.15, 0.2) is 35.7 Å². The van der Waals surface area contributed by atoms with Crippen molar-refractivity contribution < 1.29 is 13.6 Å². The van der Waals surface area contributed by atoms with Gasteiger partial charge in [-0.1, -0.05) is 11.8 Å². The van der Waals surface area contributed by atoms with Gasteiger partial charge in [0.05, 0.1) is 17.3 Å². The molecule has 0 bridgehead atoms. The number of nitrogens with one attached hydrogen (secondary N) is 1. The molecule has 0 amide bonds. The Morgan fingerprint density at radius 3 is 2.90 bits per heavy atom. The zero-order valence-corrected chi connectivity index (χ0v) is 11.3. The van der Waals surface area contributed by atoms with Crippen LogP contribution in [-0.2, 0) is 0 Å². The van der Waals surface area contributed by atoms with Crippen LogP contribution in [0.25, 0.3) is 11.0 Å². The Morgan fingerprint density at radius 1 is 1.24 bits per heavy atom. The number of carbonyl (C=O) groups excluding carboxylic acids is 1. The number of hydrogen-bond acceptors (Lipinski definition) is 5. The maximum atomic E-state index is 13.1. The second-order valence-electron chi connectivity index (χ2n) is 4.15. The van der Waals surface area contributed by atoms with Crippen molar-refractivity contribution >= 4 is 28.6 Å². The molecule has 0 aliphatic carbocycles. The standard InChI is InChI=1S/C13H8F2N4OS/c14-9-2-1-7(3-10(9)15)11(20)5-21-13-8-4-18-19-12(8)16-6-17-13/h1-4,6H,5H2,(H,16,17,18,19). The molecule has 0 aliphatic heterocycles. The van der Waals surface area contributed by atoms with Gasteiger partial charge in [-0.15, -0.1) is 0 Å². The lowest BCUT2D eigenvalue weighted by atomic mass is 10.1. The van der Waals surface area contributed by atoms with E-state index in [1.54, 1.807) is 6.20 Å². The number of thioether (sulfide) groups is 1. The Kier molecular flexibility index (Phi) is 3.61. The number of Topliss-reactive ketones (excluding diaryl/α,β-unsaturated/α-hetero) is 1. The molecule has 8 heteroatoms. The van der Waals surface area contributed by atoms with Gasteiger partial charge in [-0.05, 0) is 18.2 Å². The first-order valence-corrected chi connectivity index (χ1v) is 6.89. The van der Waals surface area contributed by atoms with Crippen LogP contribution in [0.1, 0.15) is 10.4 Å². The molecule has 21 heavy (non-hydrogen) atoms. The number of aromatic amines is 1. The Morgan fingerprint density at radius 2 is 2.10 bits per heavy atom. The summed E-state index contributed by atoms with van der Waals surface area (Å²) in [5.41, 5.74) is 0.701. The number of halogens is 2. The Hall–Kier alpha value is -2.35. The van der Waals surface area contributed by atoms with Crippen LogP contribution in [0.2, 0.25) is 0 Å². The molecule has 3 aromatic rings. The van der Waals surface area contributed by atoms with E-state index < -0.39 is 11.6 Å². The molecule has 0 atom stereocenters. The van der Waals surface area contributed by atoms with Gasteiger partial charge in [-0.3, -0.25) is 9.89 Å². The first kappa shape index (κ1) is 13.6. The summed E-state index contributed by atoms with van der Waals surface area (Å²) in [5.74, 6) is -2.27. The largest absolute Gasteiger partial charge is 0.293 e. The SMILES string of the molecule is O=C(CSc1ncnc2[nH]ncc12)c1ccc(F)c(F)c1. The number of aromatic nitrogens is 4. The van der Waals surface area contributed by atoms with Crippen molar-refractivity contribution in [1.82, 2.24) is 20.2 Å². The van der Waals surface area contributed by atoms with Crippen LogP contribution < -0.4 is 0 Å². The Labute approximate surface area is 121 Å². The zero-order valence-electron chi connectivity index (χ0n) is 10.5. The van der Waals surface area contributed by atoms with Crippen molar-refractivity contribution in [2.75, 3.05) is 5.75 Å². The molecule has 0 saturated carbocycles. The fraction of sp³-hybridized carbons (Fsp3) is 0.0769. The number of nitrogens with zero attached hydrogens (tertiary/aromatic N) is 3. The average molecular weight is 306 g/mol. The predicted octanol–water partition coefficient (Wildman–Crippen LogP) is 2.61. The first-order chi connectivity index (χ1) is 10.1. The Balaban J connectivity index is 1.76. The number of ketones is 1. The van der Waals surface area contributed by atoms with E-state index in [4.69, 9.17) is 0 Å². The maximum Gasteiger partial charge on any atom is 0.173 e. The topological polar surface area (TPSA) is 71.5 Å². The highest BCUT2D eigenvalue weighted by Gasteiger charge is 2.12. The molecule has 1 N–H and O–H groups in total. The first-order valence-electron chi connectivity index (χ1n) is 5.90. The summed E-state index contributed by atoms with van der Waals surface area (Å²) in [5, 5.41) is 7.86. The van der Waals surface area contributed by atoms with E-state index in [9.17, 15) is 13.6 Å². The molecule has 5 nitrogen and oxygen atoms in total. The average Bonchev–Trinajstić information content (AvgIpc) is 2.96. The maximum absolute atomic E-state index is 13.1. The van der Waals surface area contributed by atoms with Crippen molar-refractivity contribution in [1.29, 1.82) is 0 Å². The zero-order chi connectivity index (χ0) is 14.8. The molecule has 0 saturated heterocycles. The van der Waals surface area contributed by atoms with Gasteiger partial charge in [0, 0.05) is 5.56 Å². The van der Waals surface area contributed by atoms with Crippen molar-refractivity contribution in [3.63, 3.8) is 0 Å². The summed E-state index contributed by atoms with van der Waals surface area (Å²) >= 11 is 1.19. The third-order valence-corrected chi connectivity index (χ3v) is 3.80. The van der Waals surface area contributed by atoms with Crippen molar-refractivity contribution in [3.8, 4) is 0 Å². The minimum absolute atomic E-state index is 0.0579. The van der Waals surface area contributed by atoms with E-state index >= 15 is 0 Å². The van der Waals surface area contributed by atoms with E-state index in [2.05, 4.69) is 20.2 Å². The minimum atomic E-state index is -1.04. The van der Waals surface area contributed by atoms with Crippen LogP contribution in [0, 0.1) is 11.6 Å². The van der Waals surface area contributed by atoms with Gasteiger partial charge >= 0.3 is 0 Å². The molecule has 2 aromatic heterocycles.